The lowest BCUT2D eigenvalue weighted by molar-refractivity contribution is 0.0519. The Labute approximate surface area is 140 Å². The van der Waals surface area contributed by atoms with Crippen LogP contribution in [0.5, 0.6) is 5.88 Å². The molecule has 1 saturated heterocycles. The maximum atomic E-state index is 12.5. The number of hydrogen-bond donors (Lipinski definition) is 0. The van der Waals surface area contributed by atoms with Crippen LogP contribution in [0.2, 0.25) is 0 Å². The van der Waals surface area contributed by atoms with Crippen molar-refractivity contribution in [1.82, 2.24) is 20.0 Å². The predicted molar refractivity (Wildman–Crippen MR) is 87.2 cm³/mol. The van der Waals surface area contributed by atoms with E-state index >= 15 is 0 Å². The van der Waals surface area contributed by atoms with Crippen LogP contribution < -0.4 is 9.64 Å². The molecular formula is C16H21N5O3. The molecule has 0 bridgehead atoms. The molecule has 0 spiro atoms. The second-order valence-electron chi connectivity index (χ2n) is 6.04. The lowest BCUT2D eigenvalue weighted by Gasteiger charge is -2.32. The monoisotopic (exact) mass is 331 g/mol. The van der Waals surface area contributed by atoms with Gasteiger partial charge in [0.1, 0.15) is 11.9 Å². The second-order valence-corrected chi connectivity index (χ2v) is 6.04. The van der Waals surface area contributed by atoms with E-state index in [1.807, 2.05) is 19.0 Å². The fourth-order valence-corrected chi connectivity index (χ4v) is 2.71. The first kappa shape index (κ1) is 16.2. The third-order valence-electron chi connectivity index (χ3n) is 3.86. The number of amides is 1. The van der Waals surface area contributed by atoms with Crippen molar-refractivity contribution < 1.29 is 14.1 Å². The molecule has 1 amide bonds. The van der Waals surface area contributed by atoms with Crippen LogP contribution in [-0.4, -0.2) is 59.2 Å². The van der Waals surface area contributed by atoms with Gasteiger partial charge >= 0.3 is 0 Å². The maximum Gasteiger partial charge on any atom is 0.276 e. The number of aryl methyl sites for hydroxylation is 1. The molecule has 128 valence electrons. The summed E-state index contributed by atoms with van der Waals surface area (Å²) in [4.78, 5) is 24.7. The zero-order valence-corrected chi connectivity index (χ0v) is 14.1. The number of rotatable bonds is 4. The van der Waals surface area contributed by atoms with E-state index in [1.165, 1.54) is 0 Å². The third kappa shape index (κ3) is 3.47. The molecule has 0 radical (unpaired) electrons. The largest absolute Gasteiger partial charge is 0.470 e. The number of carbonyl (C=O) groups excluding carboxylic acids is 1. The van der Waals surface area contributed by atoms with E-state index in [2.05, 4.69) is 15.1 Å². The first-order valence-corrected chi connectivity index (χ1v) is 7.92. The Kier molecular flexibility index (Phi) is 4.64. The summed E-state index contributed by atoms with van der Waals surface area (Å²) >= 11 is 0. The first-order chi connectivity index (χ1) is 11.5. The molecule has 2 aromatic heterocycles. The van der Waals surface area contributed by atoms with Crippen LogP contribution in [-0.2, 0) is 0 Å². The first-order valence-electron chi connectivity index (χ1n) is 7.92. The summed E-state index contributed by atoms with van der Waals surface area (Å²) in [6.07, 6.45) is 4.85. The minimum Gasteiger partial charge on any atom is -0.470 e. The Morgan fingerprint density at radius 3 is 2.88 bits per heavy atom. The number of likely N-dealkylation sites (tertiary alicyclic amines) is 1. The van der Waals surface area contributed by atoms with Crippen molar-refractivity contribution in [1.29, 1.82) is 0 Å². The number of piperidine rings is 1. The number of nitrogens with zero attached hydrogens (tertiary/aromatic N) is 5. The van der Waals surface area contributed by atoms with Gasteiger partial charge in [-0.05, 0) is 19.8 Å². The number of aromatic nitrogens is 3. The smallest absolute Gasteiger partial charge is 0.276 e. The molecule has 2 aromatic rings. The highest BCUT2D eigenvalue weighted by molar-refractivity contribution is 5.92. The van der Waals surface area contributed by atoms with Gasteiger partial charge in [0, 0.05) is 39.1 Å². The molecule has 1 atom stereocenters. The van der Waals surface area contributed by atoms with Gasteiger partial charge in [0.25, 0.3) is 11.8 Å². The molecule has 24 heavy (non-hydrogen) atoms. The van der Waals surface area contributed by atoms with Crippen LogP contribution in [0.4, 0.5) is 5.82 Å². The van der Waals surface area contributed by atoms with Crippen LogP contribution in [0.25, 0.3) is 0 Å². The highest BCUT2D eigenvalue weighted by Crippen LogP contribution is 2.24. The number of hydrogen-bond acceptors (Lipinski definition) is 7. The summed E-state index contributed by atoms with van der Waals surface area (Å²) in [7, 11) is 3.78. The van der Waals surface area contributed by atoms with Crippen molar-refractivity contribution >= 4 is 11.7 Å². The molecular weight excluding hydrogens is 310 g/mol. The third-order valence-corrected chi connectivity index (χ3v) is 3.86. The minimum absolute atomic E-state index is 0.119. The Bertz CT molecular complexity index is 715. The molecule has 1 aliphatic heterocycles. The molecule has 3 rings (SSSR count). The van der Waals surface area contributed by atoms with Gasteiger partial charge in [-0.3, -0.25) is 4.79 Å². The van der Waals surface area contributed by atoms with Crippen LogP contribution in [0.15, 0.2) is 23.0 Å². The van der Waals surface area contributed by atoms with E-state index in [1.54, 1.807) is 30.3 Å². The van der Waals surface area contributed by atoms with E-state index < -0.39 is 0 Å². The zero-order chi connectivity index (χ0) is 17.1. The average Bonchev–Trinajstić information content (AvgIpc) is 3.01. The summed E-state index contributed by atoms with van der Waals surface area (Å²) in [5.74, 6) is 1.65. The highest BCUT2D eigenvalue weighted by Gasteiger charge is 2.28. The van der Waals surface area contributed by atoms with Gasteiger partial charge in [-0.1, -0.05) is 5.16 Å². The molecule has 8 nitrogen and oxygen atoms in total. The normalized spacial score (nSPS) is 17.6. The van der Waals surface area contributed by atoms with Crippen LogP contribution in [0.3, 0.4) is 0 Å². The lowest BCUT2D eigenvalue weighted by Crippen LogP contribution is -2.44. The quantitative estimate of drug-likeness (QED) is 0.840. The molecule has 0 aliphatic carbocycles. The van der Waals surface area contributed by atoms with Crippen molar-refractivity contribution in [3.05, 3.63) is 29.9 Å². The van der Waals surface area contributed by atoms with Gasteiger partial charge < -0.3 is 19.1 Å². The van der Waals surface area contributed by atoms with Crippen LogP contribution >= 0.6 is 0 Å². The van der Waals surface area contributed by atoms with Gasteiger partial charge in [-0.25, -0.2) is 9.97 Å². The zero-order valence-electron chi connectivity index (χ0n) is 14.1. The van der Waals surface area contributed by atoms with E-state index in [9.17, 15) is 4.79 Å². The molecule has 0 N–H and O–H groups in total. The SMILES string of the molecule is Cc1cc(C(=O)N2CCC[C@@H](Oc3nccnc3N(C)C)C2)no1. The van der Waals surface area contributed by atoms with E-state index in [0.29, 0.717) is 36.2 Å². The topological polar surface area (TPSA) is 84.6 Å². The lowest BCUT2D eigenvalue weighted by atomic mass is 10.1. The van der Waals surface area contributed by atoms with E-state index in [4.69, 9.17) is 9.26 Å². The van der Waals surface area contributed by atoms with Gasteiger partial charge in [0.2, 0.25) is 0 Å². The Morgan fingerprint density at radius 1 is 1.38 bits per heavy atom. The van der Waals surface area contributed by atoms with Crippen molar-refractivity contribution in [2.24, 2.45) is 0 Å². The van der Waals surface area contributed by atoms with Crippen molar-refractivity contribution in [3.8, 4) is 5.88 Å². The predicted octanol–water partition coefficient (Wildman–Crippen LogP) is 1.52. The maximum absolute atomic E-state index is 12.5. The van der Waals surface area contributed by atoms with Gasteiger partial charge in [0.05, 0.1) is 6.54 Å². The minimum atomic E-state index is -0.132. The molecule has 1 fully saturated rings. The van der Waals surface area contributed by atoms with E-state index in [-0.39, 0.29) is 12.0 Å². The summed E-state index contributed by atoms with van der Waals surface area (Å²) in [5, 5.41) is 3.80. The van der Waals surface area contributed by atoms with Gasteiger partial charge in [-0.15, -0.1) is 0 Å². The van der Waals surface area contributed by atoms with Crippen molar-refractivity contribution in [2.45, 2.75) is 25.9 Å². The highest BCUT2D eigenvalue weighted by atomic mass is 16.5. The summed E-state index contributed by atoms with van der Waals surface area (Å²) in [6.45, 7) is 2.95. The number of anilines is 1. The van der Waals surface area contributed by atoms with Gasteiger partial charge in [0.15, 0.2) is 11.5 Å². The second kappa shape index (κ2) is 6.86. The molecule has 0 saturated carbocycles. The van der Waals surface area contributed by atoms with Crippen LogP contribution in [0.1, 0.15) is 29.1 Å². The summed E-state index contributed by atoms with van der Waals surface area (Å²) in [5.41, 5.74) is 0.335. The fourth-order valence-electron chi connectivity index (χ4n) is 2.71. The molecule has 0 aromatic carbocycles. The Balaban J connectivity index is 1.69. The molecule has 1 aliphatic rings. The van der Waals surface area contributed by atoms with Crippen molar-refractivity contribution in [3.63, 3.8) is 0 Å². The van der Waals surface area contributed by atoms with E-state index in [0.717, 1.165) is 12.8 Å². The molecule has 3 heterocycles. The Hall–Kier alpha value is -2.64. The van der Waals surface area contributed by atoms with Crippen molar-refractivity contribution in [2.75, 3.05) is 32.1 Å². The molecule has 0 unspecified atom stereocenters. The number of ether oxygens (including phenoxy) is 1. The Morgan fingerprint density at radius 2 is 2.17 bits per heavy atom. The average molecular weight is 331 g/mol. The number of carbonyl (C=O) groups is 1. The van der Waals surface area contributed by atoms with Gasteiger partial charge in [-0.2, -0.15) is 0 Å². The standard InChI is InChI=1S/C16H21N5O3/c1-11-9-13(19-24-11)16(22)21-8-4-5-12(10-21)23-15-14(20(2)3)17-6-7-18-15/h6-7,9,12H,4-5,8,10H2,1-3H3/t12-/m1/s1. The summed E-state index contributed by atoms with van der Waals surface area (Å²) in [6, 6.07) is 1.65. The van der Waals surface area contributed by atoms with Crippen LogP contribution in [0, 0.1) is 6.92 Å². The molecule has 8 heteroatoms. The fraction of sp³-hybridized carbons (Fsp3) is 0.500. The summed E-state index contributed by atoms with van der Waals surface area (Å²) < 4.78 is 11.0.